The normalized spacial score (nSPS) is 10.4. The highest BCUT2D eigenvalue weighted by atomic mass is 16.3. The minimum absolute atomic E-state index is 0.486. The van der Waals surface area contributed by atoms with Crippen LogP contribution in [0.5, 0.6) is 34.5 Å². The number of phenolic OH excluding ortho intramolecular Hbond substituents is 6. The minimum atomic E-state index is -0.944. The molecule has 0 bridgehead atoms. The van der Waals surface area contributed by atoms with E-state index in [0.717, 1.165) is 24.3 Å². The molecule has 0 fully saturated rings. The van der Waals surface area contributed by atoms with Crippen LogP contribution in [-0.2, 0) is 0 Å². The van der Waals surface area contributed by atoms with Crippen molar-refractivity contribution in [2.24, 2.45) is 0 Å². The van der Waals surface area contributed by atoms with Gasteiger partial charge in [-0.05, 0) is 12.1 Å². The lowest BCUT2D eigenvalue weighted by molar-refractivity contribution is 0.0890. The van der Waals surface area contributed by atoms with Gasteiger partial charge in [-0.2, -0.15) is 0 Å². The first-order valence-corrected chi connectivity index (χ1v) is 6.27. The molecular formula is C15H12O8. The molecule has 0 unspecified atom stereocenters. The van der Waals surface area contributed by atoms with Crippen molar-refractivity contribution in [3.05, 3.63) is 35.4 Å². The number of ketones is 2. The first-order chi connectivity index (χ1) is 10.7. The van der Waals surface area contributed by atoms with Gasteiger partial charge >= 0.3 is 0 Å². The van der Waals surface area contributed by atoms with Gasteiger partial charge in [0.05, 0.1) is 17.5 Å². The average Bonchev–Trinajstić information content (AvgIpc) is 2.46. The van der Waals surface area contributed by atoms with Gasteiger partial charge in [0.1, 0.15) is 11.5 Å². The summed E-state index contributed by atoms with van der Waals surface area (Å²) >= 11 is 0. The predicted molar refractivity (Wildman–Crippen MR) is 76.2 cm³/mol. The minimum Gasteiger partial charge on any atom is -0.508 e. The second-order valence-electron chi connectivity index (χ2n) is 4.75. The van der Waals surface area contributed by atoms with Crippen LogP contribution in [0.2, 0.25) is 0 Å². The first-order valence-electron chi connectivity index (χ1n) is 6.27. The molecule has 2 rings (SSSR count). The van der Waals surface area contributed by atoms with Crippen molar-refractivity contribution in [1.82, 2.24) is 0 Å². The molecule has 2 aromatic rings. The summed E-state index contributed by atoms with van der Waals surface area (Å²) in [7, 11) is 0. The molecule has 0 radical (unpaired) electrons. The third-order valence-corrected chi connectivity index (χ3v) is 3.07. The molecule has 2 aromatic carbocycles. The summed E-state index contributed by atoms with van der Waals surface area (Å²) < 4.78 is 0. The molecule has 0 atom stereocenters. The number of Topliss-reactive ketones (excluding diaryl/α,β-unsaturated/α-hetero) is 2. The van der Waals surface area contributed by atoms with Crippen molar-refractivity contribution < 1.29 is 40.2 Å². The van der Waals surface area contributed by atoms with E-state index < -0.39 is 63.6 Å². The zero-order valence-corrected chi connectivity index (χ0v) is 11.5. The quantitative estimate of drug-likeness (QED) is 0.213. The van der Waals surface area contributed by atoms with Crippen LogP contribution < -0.4 is 0 Å². The van der Waals surface area contributed by atoms with Crippen LogP contribution in [0.25, 0.3) is 0 Å². The Labute approximate surface area is 129 Å². The molecule has 0 aliphatic heterocycles. The SMILES string of the molecule is O=C(CC(=O)c1cc(O)cc(O)c1O)c1cc(O)cc(O)c1O. The van der Waals surface area contributed by atoms with E-state index in [1.54, 1.807) is 0 Å². The standard InChI is InChI=1S/C15H12O8/c16-6-1-8(14(22)12(20)3-6)10(18)5-11(19)9-2-7(17)4-13(21)15(9)23/h1-4,16-17,20-23H,5H2. The second kappa shape index (κ2) is 5.76. The van der Waals surface area contributed by atoms with Crippen LogP contribution in [0.1, 0.15) is 27.1 Å². The molecule has 0 amide bonds. The molecule has 8 heteroatoms. The van der Waals surface area contributed by atoms with Gasteiger partial charge in [0.2, 0.25) is 0 Å². The molecular weight excluding hydrogens is 308 g/mol. The molecule has 0 aliphatic rings. The Hall–Kier alpha value is -3.42. The lowest BCUT2D eigenvalue weighted by Crippen LogP contribution is -2.09. The fraction of sp³-hybridized carbons (Fsp3) is 0.0667. The number of benzene rings is 2. The molecule has 0 heterocycles. The maximum atomic E-state index is 12.0. The first kappa shape index (κ1) is 16.0. The van der Waals surface area contributed by atoms with Crippen molar-refractivity contribution in [1.29, 1.82) is 0 Å². The Morgan fingerprint density at radius 3 is 1.35 bits per heavy atom. The number of aromatic hydroxyl groups is 6. The summed E-state index contributed by atoms with van der Waals surface area (Å²) in [6, 6.07) is 3.36. The van der Waals surface area contributed by atoms with E-state index in [1.807, 2.05) is 0 Å². The highest BCUT2D eigenvalue weighted by molar-refractivity contribution is 6.15. The summed E-state index contributed by atoms with van der Waals surface area (Å²) in [6.07, 6.45) is -0.840. The maximum Gasteiger partial charge on any atom is 0.174 e. The van der Waals surface area contributed by atoms with Crippen molar-refractivity contribution in [3.8, 4) is 34.5 Å². The lowest BCUT2D eigenvalue weighted by Gasteiger charge is -2.08. The van der Waals surface area contributed by atoms with Crippen LogP contribution in [0.15, 0.2) is 24.3 Å². The molecule has 6 N–H and O–H groups in total. The van der Waals surface area contributed by atoms with Gasteiger partial charge in [-0.1, -0.05) is 0 Å². The van der Waals surface area contributed by atoms with Gasteiger partial charge in [-0.3, -0.25) is 9.59 Å². The van der Waals surface area contributed by atoms with Crippen molar-refractivity contribution in [2.75, 3.05) is 0 Å². The summed E-state index contributed by atoms with van der Waals surface area (Å²) in [6.45, 7) is 0. The van der Waals surface area contributed by atoms with E-state index in [1.165, 1.54) is 0 Å². The zero-order chi connectivity index (χ0) is 17.3. The summed E-state index contributed by atoms with van der Waals surface area (Å²) in [5, 5.41) is 56.5. The van der Waals surface area contributed by atoms with Gasteiger partial charge in [0, 0.05) is 12.1 Å². The largest absolute Gasteiger partial charge is 0.508 e. The molecule has 23 heavy (non-hydrogen) atoms. The van der Waals surface area contributed by atoms with Crippen LogP contribution in [0.3, 0.4) is 0 Å². The molecule has 0 saturated heterocycles. The Morgan fingerprint density at radius 1 is 0.652 bits per heavy atom. The topological polar surface area (TPSA) is 156 Å². The summed E-state index contributed by atoms with van der Waals surface area (Å²) in [4.78, 5) is 24.1. The number of rotatable bonds is 4. The molecule has 0 aliphatic carbocycles. The van der Waals surface area contributed by atoms with Gasteiger partial charge in [0.15, 0.2) is 34.6 Å². The molecule has 120 valence electrons. The smallest absolute Gasteiger partial charge is 0.174 e. The monoisotopic (exact) mass is 320 g/mol. The summed E-state index contributed by atoms with van der Waals surface area (Å²) in [5.74, 6) is -5.95. The summed E-state index contributed by atoms with van der Waals surface area (Å²) in [5.41, 5.74) is -0.973. The van der Waals surface area contributed by atoms with Crippen molar-refractivity contribution in [2.45, 2.75) is 6.42 Å². The number of hydrogen-bond acceptors (Lipinski definition) is 8. The van der Waals surface area contributed by atoms with Crippen LogP contribution in [-0.4, -0.2) is 42.2 Å². The van der Waals surface area contributed by atoms with E-state index >= 15 is 0 Å². The predicted octanol–water partition coefficient (Wildman–Crippen LogP) is 1.38. The van der Waals surface area contributed by atoms with Gasteiger partial charge in [-0.25, -0.2) is 0 Å². The Balaban J connectivity index is 2.33. The van der Waals surface area contributed by atoms with Gasteiger partial charge < -0.3 is 30.6 Å². The fourth-order valence-electron chi connectivity index (χ4n) is 1.97. The van der Waals surface area contributed by atoms with Crippen molar-refractivity contribution >= 4 is 11.6 Å². The third-order valence-electron chi connectivity index (χ3n) is 3.07. The van der Waals surface area contributed by atoms with E-state index in [2.05, 4.69) is 0 Å². The third kappa shape index (κ3) is 3.10. The fourth-order valence-corrected chi connectivity index (χ4v) is 1.97. The van der Waals surface area contributed by atoms with Crippen LogP contribution >= 0.6 is 0 Å². The van der Waals surface area contributed by atoms with E-state index in [0.29, 0.717) is 0 Å². The Bertz CT molecular complexity index is 742. The Kier molecular flexibility index (Phi) is 4.00. The van der Waals surface area contributed by atoms with E-state index in [4.69, 9.17) is 0 Å². The number of hydrogen-bond donors (Lipinski definition) is 6. The number of carbonyl (C=O) groups excluding carboxylic acids is 2. The van der Waals surface area contributed by atoms with Gasteiger partial charge in [0.25, 0.3) is 0 Å². The lowest BCUT2D eigenvalue weighted by atomic mass is 9.99. The van der Waals surface area contributed by atoms with E-state index in [-0.39, 0.29) is 0 Å². The molecule has 0 aromatic heterocycles. The zero-order valence-electron chi connectivity index (χ0n) is 11.5. The van der Waals surface area contributed by atoms with Crippen molar-refractivity contribution in [3.63, 3.8) is 0 Å². The molecule has 8 nitrogen and oxygen atoms in total. The highest BCUT2D eigenvalue weighted by Gasteiger charge is 2.23. The number of carbonyl (C=O) groups is 2. The van der Waals surface area contributed by atoms with Crippen LogP contribution in [0, 0.1) is 0 Å². The second-order valence-corrected chi connectivity index (χ2v) is 4.75. The van der Waals surface area contributed by atoms with E-state index in [9.17, 15) is 40.2 Å². The molecule has 0 spiro atoms. The average molecular weight is 320 g/mol. The maximum absolute atomic E-state index is 12.0. The number of phenols is 6. The van der Waals surface area contributed by atoms with Gasteiger partial charge in [-0.15, -0.1) is 0 Å². The Morgan fingerprint density at radius 2 is 1.00 bits per heavy atom. The molecule has 0 saturated carbocycles. The van der Waals surface area contributed by atoms with Crippen LogP contribution in [0.4, 0.5) is 0 Å². The highest BCUT2D eigenvalue weighted by Crippen LogP contribution is 2.36.